The molecule has 0 atom stereocenters. The first-order chi connectivity index (χ1) is 28.7. The molecule has 10 rings (SSSR count). The van der Waals surface area contributed by atoms with E-state index in [0.29, 0.717) is 0 Å². The zero-order valence-corrected chi connectivity index (χ0v) is 33.3. The van der Waals surface area contributed by atoms with E-state index in [2.05, 4.69) is 240 Å². The molecular formula is C54H38N2S2. The lowest BCUT2D eigenvalue weighted by atomic mass is 10.0. The molecule has 2 aromatic heterocycles. The minimum atomic E-state index is 1.15. The van der Waals surface area contributed by atoms with Gasteiger partial charge >= 0.3 is 0 Å². The third kappa shape index (κ3) is 7.35. The molecule has 0 N–H and O–H groups in total. The molecule has 4 heteroatoms. The fraction of sp³-hybridized carbons (Fsp3) is 0. The highest BCUT2D eigenvalue weighted by molar-refractivity contribution is 7.20. The molecule has 0 fully saturated rings. The molecule has 8 aromatic carbocycles. The van der Waals surface area contributed by atoms with Gasteiger partial charge in [-0.1, -0.05) is 133 Å². The topological polar surface area (TPSA) is 6.48 Å². The number of hydrogen-bond acceptors (Lipinski definition) is 4. The number of anilines is 6. The Labute approximate surface area is 347 Å². The maximum Gasteiger partial charge on any atom is 0.101 e. The highest BCUT2D eigenvalue weighted by Gasteiger charge is 2.17. The molecule has 0 amide bonds. The van der Waals surface area contributed by atoms with Crippen LogP contribution in [0.15, 0.2) is 218 Å². The molecule has 0 unspecified atom stereocenters. The van der Waals surface area contributed by atoms with Crippen LogP contribution in [0.2, 0.25) is 0 Å². The molecule has 0 aliphatic rings. The summed E-state index contributed by atoms with van der Waals surface area (Å²) in [5.41, 5.74) is 9.43. The molecule has 0 saturated carbocycles. The van der Waals surface area contributed by atoms with E-state index in [-0.39, 0.29) is 0 Å². The van der Waals surface area contributed by atoms with Gasteiger partial charge in [-0.2, -0.15) is 0 Å². The average Bonchev–Trinajstić information content (AvgIpc) is 3.98. The van der Waals surface area contributed by atoms with Gasteiger partial charge in [0.1, 0.15) is 10.0 Å². The Kier molecular flexibility index (Phi) is 9.70. The minimum Gasteiger partial charge on any atom is -0.302 e. The van der Waals surface area contributed by atoms with Crippen LogP contribution in [0, 0.1) is 0 Å². The highest BCUT2D eigenvalue weighted by atomic mass is 32.1. The molecule has 276 valence electrons. The van der Waals surface area contributed by atoms with Gasteiger partial charge in [0.25, 0.3) is 0 Å². The maximum atomic E-state index is 2.33. The second-order valence-corrected chi connectivity index (χ2v) is 16.4. The molecule has 0 aliphatic carbocycles. The van der Waals surface area contributed by atoms with Crippen molar-refractivity contribution in [3.63, 3.8) is 0 Å². The van der Waals surface area contributed by atoms with Crippen molar-refractivity contribution in [2.24, 2.45) is 0 Å². The Morgan fingerprint density at radius 1 is 0.293 bits per heavy atom. The Morgan fingerprint density at radius 3 is 0.983 bits per heavy atom. The lowest BCUT2D eigenvalue weighted by molar-refractivity contribution is 1.32. The lowest BCUT2D eigenvalue weighted by Crippen LogP contribution is -2.07. The monoisotopic (exact) mass is 778 g/mol. The smallest absolute Gasteiger partial charge is 0.101 e. The molecule has 2 heterocycles. The quantitative estimate of drug-likeness (QED) is 0.128. The number of para-hydroxylation sites is 4. The molecule has 2 nitrogen and oxygen atoms in total. The van der Waals surface area contributed by atoms with E-state index in [9.17, 15) is 0 Å². The summed E-state index contributed by atoms with van der Waals surface area (Å²) in [7, 11) is 0. The first-order valence-electron chi connectivity index (χ1n) is 19.5. The number of fused-ring (bicyclic) bond motifs is 2. The second kappa shape index (κ2) is 15.9. The fourth-order valence-electron chi connectivity index (χ4n) is 7.56. The van der Waals surface area contributed by atoms with Gasteiger partial charge < -0.3 is 9.80 Å². The summed E-state index contributed by atoms with van der Waals surface area (Å²) in [6.07, 6.45) is 4.43. The summed E-state index contributed by atoms with van der Waals surface area (Å²) in [4.78, 5) is 7.15. The van der Waals surface area contributed by atoms with Gasteiger partial charge in [0.2, 0.25) is 0 Å². The molecule has 0 saturated heterocycles. The lowest BCUT2D eigenvalue weighted by Gasteiger charge is -2.23. The molecule has 58 heavy (non-hydrogen) atoms. The summed E-state index contributed by atoms with van der Waals surface area (Å²) >= 11 is 3.63. The minimum absolute atomic E-state index is 1.15. The summed E-state index contributed by atoms with van der Waals surface area (Å²) in [6.45, 7) is 0. The average molecular weight is 779 g/mol. The van der Waals surface area contributed by atoms with Crippen molar-refractivity contribution < 1.29 is 0 Å². The van der Waals surface area contributed by atoms with Gasteiger partial charge in [-0.15, -0.1) is 22.7 Å². The van der Waals surface area contributed by atoms with Crippen molar-refractivity contribution in [1.29, 1.82) is 0 Å². The second-order valence-electron chi connectivity index (χ2n) is 14.3. The van der Waals surface area contributed by atoms with E-state index < -0.39 is 0 Å². The predicted molar refractivity (Wildman–Crippen MR) is 253 cm³/mol. The number of nitrogens with zero attached hydrogens (tertiary/aromatic N) is 2. The number of hydrogen-bond donors (Lipinski definition) is 0. The van der Waals surface area contributed by atoms with E-state index >= 15 is 0 Å². The molecule has 0 spiro atoms. The van der Waals surface area contributed by atoms with Crippen LogP contribution in [0.1, 0.15) is 11.1 Å². The van der Waals surface area contributed by atoms with Gasteiger partial charge in [-0.3, -0.25) is 0 Å². The van der Waals surface area contributed by atoms with Crippen molar-refractivity contribution in [2.45, 2.75) is 0 Å². The Hall–Kier alpha value is -6.98. The summed E-state index contributed by atoms with van der Waals surface area (Å²) in [5, 5.41) is 7.31. The van der Waals surface area contributed by atoms with Crippen LogP contribution < -0.4 is 9.80 Å². The van der Waals surface area contributed by atoms with Crippen molar-refractivity contribution in [2.75, 3.05) is 9.80 Å². The van der Waals surface area contributed by atoms with Crippen LogP contribution in [-0.4, -0.2) is 0 Å². The van der Waals surface area contributed by atoms with Gasteiger partial charge in [-0.05, 0) is 141 Å². The third-order valence-electron chi connectivity index (χ3n) is 10.4. The molecule has 0 radical (unpaired) electrons. The fourth-order valence-corrected chi connectivity index (χ4v) is 9.64. The Bertz CT molecular complexity index is 2720. The van der Waals surface area contributed by atoms with Crippen molar-refractivity contribution in [3.05, 3.63) is 230 Å². The Balaban J connectivity index is 0.859. The van der Waals surface area contributed by atoms with E-state index in [1.807, 2.05) is 22.7 Å². The van der Waals surface area contributed by atoms with Gasteiger partial charge in [-0.25, -0.2) is 0 Å². The zero-order valence-electron chi connectivity index (χ0n) is 31.7. The molecule has 0 aliphatic heterocycles. The van der Waals surface area contributed by atoms with E-state index in [4.69, 9.17) is 0 Å². The van der Waals surface area contributed by atoms with E-state index in [0.717, 1.165) is 22.7 Å². The van der Waals surface area contributed by atoms with Crippen molar-refractivity contribution in [3.8, 4) is 20.9 Å². The summed E-state index contributed by atoms with van der Waals surface area (Å²) in [6, 6.07) is 78.4. The zero-order chi connectivity index (χ0) is 38.7. The van der Waals surface area contributed by atoms with Crippen molar-refractivity contribution in [1.82, 2.24) is 0 Å². The first-order valence-corrected chi connectivity index (χ1v) is 21.1. The number of rotatable bonds is 10. The van der Waals surface area contributed by atoms with Crippen molar-refractivity contribution >= 4 is 89.1 Å². The largest absolute Gasteiger partial charge is 0.302 e. The normalized spacial score (nSPS) is 11.4. The van der Waals surface area contributed by atoms with Crippen LogP contribution in [0.3, 0.4) is 0 Å². The highest BCUT2D eigenvalue weighted by Crippen LogP contribution is 2.43. The number of benzene rings is 8. The third-order valence-corrected chi connectivity index (χ3v) is 12.7. The SMILES string of the molecule is C(=Cc1ccc2cc(-c3ccc(N(c4ccccc4)c4ccccc4)s3)ccc2c1)c1ccc2cc(-c3ccc(N(c4ccccc4)c4ccccc4)s3)ccc2c1. The van der Waals surface area contributed by atoms with Gasteiger partial charge in [0.05, 0.1) is 0 Å². The molecule has 10 aromatic rings. The van der Waals surface area contributed by atoms with Crippen LogP contribution in [0.5, 0.6) is 0 Å². The van der Waals surface area contributed by atoms with Gasteiger partial charge in [0, 0.05) is 32.5 Å². The summed E-state index contributed by atoms with van der Waals surface area (Å²) in [5.74, 6) is 0. The maximum absolute atomic E-state index is 2.33. The first kappa shape index (κ1) is 35.4. The number of thiophene rings is 2. The van der Waals surface area contributed by atoms with E-state index in [1.165, 1.54) is 63.6 Å². The van der Waals surface area contributed by atoms with Crippen LogP contribution in [-0.2, 0) is 0 Å². The molecule has 0 bridgehead atoms. The van der Waals surface area contributed by atoms with E-state index in [1.54, 1.807) is 0 Å². The standard InChI is InChI=1S/C54H38N2S2/c1-5-13-47(14-6-1)55(48-15-7-2-8-16-48)53-33-31-51(57-53)45-29-27-41-35-39(23-25-43(41)37-45)21-22-40-24-26-44-38-46(30-28-42(44)36-40)52-32-34-54(58-52)56(49-17-9-3-10-18-49)50-19-11-4-12-20-50/h1-38H. The molecular weight excluding hydrogens is 741 g/mol. The summed E-state index contributed by atoms with van der Waals surface area (Å²) < 4.78 is 0. The Morgan fingerprint density at radius 2 is 0.621 bits per heavy atom. The van der Waals surface area contributed by atoms with Crippen LogP contribution in [0.4, 0.5) is 32.8 Å². The van der Waals surface area contributed by atoms with Crippen LogP contribution >= 0.6 is 22.7 Å². The predicted octanol–water partition coefficient (Wildman–Crippen LogP) is 16.6. The van der Waals surface area contributed by atoms with Gasteiger partial charge in [0.15, 0.2) is 0 Å². The van der Waals surface area contributed by atoms with Crippen LogP contribution in [0.25, 0.3) is 54.6 Å².